The maximum atomic E-state index is 12.4. The lowest BCUT2D eigenvalue weighted by molar-refractivity contribution is 0.0784. The third-order valence-electron chi connectivity index (χ3n) is 3.03. The predicted octanol–water partition coefficient (Wildman–Crippen LogP) is 4.79. The molecule has 0 aliphatic heterocycles. The highest BCUT2D eigenvalue weighted by Gasteiger charge is 2.15. The van der Waals surface area contributed by atoms with Gasteiger partial charge in [0.2, 0.25) is 0 Å². The van der Waals surface area contributed by atoms with Crippen LogP contribution in [-0.2, 0) is 6.54 Å². The average molecular weight is 397 g/mol. The molecule has 0 saturated heterocycles. The Labute approximate surface area is 136 Å². The Balaban J connectivity index is 2.14. The van der Waals surface area contributed by atoms with Crippen molar-refractivity contribution in [1.82, 2.24) is 4.90 Å². The number of aryl methyl sites for hydroxylation is 1. The highest BCUT2D eigenvalue weighted by atomic mass is 79.9. The molecule has 20 heavy (non-hydrogen) atoms. The third-order valence-corrected chi connectivity index (χ3v) is 4.22. The molecule has 0 aliphatic rings. The quantitative estimate of drug-likeness (QED) is 0.730. The molecule has 4 heteroatoms. The zero-order valence-corrected chi connectivity index (χ0v) is 14.5. The molecule has 2 aromatic carbocycles. The zero-order valence-electron chi connectivity index (χ0n) is 11.4. The minimum atomic E-state index is 0.0137. The Morgan fingerprint density at radius 3 is 2.35 bits per heavy atom. The van der Waals surface area contributed by atoms with E-state index >= 15 is 0 Å². The maximum Gasteiger partial charge on any atom is 0.255 e. The molecule has 104 valence electrons. The highest BCUT2D eigenvalue weighted by molar-refractivity contribution is 9.10. The number of halogens is 2. The van der Waals surface area contributed by atoms with E-state index in [1.807, 2.05) is 56.4 Å². The first-order valence-electron chi connectivity index (χ1n) is 6.23. The molecule has 0 atom stereocenters. The van der Waals surface area contributed by atoms with Gasteiger partial charge in [0.1, 0.15) is 0 Å². The van der Waals surface area contributed by atoms with Crippen molar-refractivity contribution in [2.45, 2.75) is 13.5 Å². The van der Waals surface area contributed by atoms with Gasteiger partial charge in [-0.05, 0) is 58.2 Å². The van der Waals surface area contributed by atoms with Crippen molar-refractivity contribution in [2.75, 3.05) is 7.05 Å². The van der Waals surface area contributed by atoms with Crippen LogP contribution in [0, 0.1) is 6.92 Å². The van der Waals surface area contributed by atoms with Gasteiger partial charge in [0.25, 0.3) is 5.91 Å². The Morgan fingerprint density at radius 1 is 1.10 bits per heavy atom. The number of amides is 1. The van der Waals surface area contributed by atoms with Gasteiger partial charge in [-0.1, -0.05) is 34.1 Å². The fourth-order valence-corrected chi connectivity index (χ4v) is 2.86. The van der Waals surface area contributed by atoms with Crippen LogP contribution in [0.2, 0.25) is 0 Å². The van der Waals surface area contributed by atoms with Crippen LogP contribution in [0.3, 0.4) is 0 Å². The molecule has 0 aliphatic carbocycles. The summed E-state index contributed by atoms with van der Waals surface area (Å²) in [6.45, 7) is 2.59. The SMILES string of the molecule is Cc1ccc(C(=O)N(C)Cc2ccc(Br)cc2)c(Br)c1. The fourth-order valence-electron chi connectivity index (χ4n) is 1.93. The summed E-state index contributed by atoms with van der Waals surface area (Å²) in [6, 6.07) is 13.8. The molecule has 0 fully saturated rings. The van der Waals surface area contributed by atoms with Gasteiger partial charge in [-0.2, -0.15) is 0 Å². The largest absolute Gasteiger partial charge is 0.337 e. The van der Waals surface area contributed by atoms with Crippen molar-refractivity contribution in [3.63, 3.8) is 0 Å². The standard InChI is InChI=1S/C16H15Br2NO/c1-11-3-8-14(15(18)9-11)16(20)19(2)10-12-4-6-13(17)7-5-12/h3-9H,10H2,1-2H3. The minimum Gasteiger partial charge on any atom is -0.337 e. The van der Waals surface area contributed by atoms with E-state index < -0.39 is 0 Å². The second kappa shape index (κ2) is 6.55. The van der Waals surface area contributed by atoms with Crippen molar-refractivity contribution in [1.29, 1.82) is 0 Å². The van der Waals surface area contributed by atoms with Gasteiger partial charge in [-0.25, -0.2) is 0 Å². The molecule has 0 saturated carbocycles. The van der Waals surface area contributed by atoms with Crippen molar-refractivity contribution >= 4 is 37.8 Å². The monoisotopic (exact) mass is 395 g/mol. The van der Waals surface area contributed by atoms with Gasteiger partial charge in [-0.3, -0.25) is 4.79 Å². The number of carbonyl (C=O) groups is 1. The molecular formula is C16H15Br2NO. The number of hydrogen-bond donors (Lipinski definition) is 0. The Kier molecular flexibility index (Phi) is 5.00. The van der Waals surface area contributed by atoms with E-state index in [0.717, 1.165) is 20.1 Å². The van der Waals surface area contributed by atoms with E-state index in [9.17, 15) is 4.79 Å². The predicted molar refractivity (Wildman–Crippen MR) is 88.8 cm³/mol. The molecule has 0 spiro atoms. The Morgan fingerprint density at radius 2 is 1.75 bits per heavy atom. The Hall–Kier alpha value is -1.13. The normalized spacial score (nSPS) is 10.4. The first-order chi connectivity index (χ1) is 9.47. The van der Waals surface area contributed by atoms with E-state index in [-0.39, 0.29) is 5.91 Å². The van der Waals surface area contributed by atoms with Crippen LogP contribution in [-0.4, -0.2) is 17.9 Å². The number of carbonyl (C=O) groups excluding carboxylic acids is 1. The third kappa shape index (κ3) is 3.70. The van der Waals surface area contributed by atoms with Crippen molar-refractivity contribution in [3.05, 3.63) is 68.1 Å². The van der Waals surface area contributed by atoms with Crippen LogP contribution in [0.1, 0.15) is 21.5 Å². The van der Waals surface area contributed by atoms with Crippen LogP contribution in [0.15, 0.2) is 51.4 Å². The summed E-state index contributed by atoms with van der Waals surface area (Å²) in [5.41, 5.74) is 2.92. The average Bonchev–Trinajstić information content (AvgIpc) is 2.40. The molecule has 0 bridgehead atoms. The summed E-state index contributed by atoms with van der Waals surface area (Å²) < 4.78 is 1.88. The van der Waals surface area contributed by atoms with Crippen LogP contribution >= 0.6 is 31.9 Å². The molecule has 1 amide bonds. The minimum absolute atomic E-state index is 0.0137. The second-order valence-electron chi connectivity index (χ2n) is 4.77. The van der Waals surface area contributed by atoms with E-state index in [1.165, 1.54) is 0 Å². The van der Waals surface area contributed by atoms with Gasteiger partial charge < -0.3 is 4.90 Å². The van der Waals surface area contributed by atoms with Gasteiger partial charge >= 0.3 is 0 Å². The van der Waals surface area contributed by atoms with Crippen LogP contribution in [0.25, 0.3) is 0 Å². The summed E-state index contributed by atoms with van der Waals surface area (Å²) in [4.78, 5) is 14.2. The number of benzene rings is 2. The van der Waals surface area contributed by atoms with Gasteiger partial charge in [-0.15, -0.1) is 0 Å². The van der Waals surface area contributed by atoms with Gasteiger partial charge in [0.15, 0.2) is 0 Å². The number of hydrogen-bond acceptors (Lipinski definition) is 1. The molecule has 2 aromatic rings. The van der Waals surface area contributed by atoms with Gasteiger partial charge in [0, 0.05) is 22.5 Å². The van der Waals surface area contributed by atoms with Crippen molar-refractivity contribution < 1.29 is 4.79 Å². The molecule has 2 nitrogen and oxygen atoms in total. The lowest BCUT2D eigenvalue weighted by atomic mass is 10.1. The summed E-state index contributed by atoms with van der Waals surface area (Å²) in [5.74, 6) is 0.0137. The molecule has 2 rings (SSSR count). The molecule has 0 radical (unpaired) electrons. The van der Waals surface area contributed by atoms with E-state index in [0.29, 0.717) is 12.1 Å². The summed E-state index contributed by atoms with van der Waals surface area (Å²) in [7, 11) is 1.82. The highest BCUT2D eigenvalue weighted by Crippen LogP contribution is 2.20. The topological polar surface area (TPSA) is 20.3 Å². The molecule has 0 aromatic heterocycles. The van der Waals surface area contributed by atoms with Crippen LogP contribution in [0.4, 0.5) is 0 Å². The number of rotatable bonds is 3. The van der Waals surface area contributed by atoms with E-state index in [4.69, 9.17) is 0 Å². The zero-order chi connectivity index (χ0) is 14.7. The number of nitrogens with zero attached hydrogens (tertiary/aromatic N) is 1. The first kappa shape index (κ1) is 15.3. The van der Waals surface area contributed by atoms with Crippen LogP contribution in [0.5, 0.6) is 0 Å². The lowest BCUT2D eigenvalue weighted by Gasteiger charge is -2.18. The molecule has 0 heterocycles. The molecule has 0 N–H and O–H groups in total. The Bertz CT molecular complexity index is 623. The first-order valence-corrected chi connectivity index (χ1v) is 7.82. The van der Waals surface area contributed by atoms with Gasteiger partial charge in [0.05, 0.1) is 5.56 Å². The summed E-state index contributed by atoms with van der Waals surface area (Å²) in [6.07, 6.45) is 0. The summed E-state index contributed by atoms with van der Waals surface area (Å²) >= 11 is 6.86. The fraction of sp³-hybridized carbons (Fsp3) is 0.188. The smallest absolute Gasteiger partial charge is 0.255 e. The van der Waals surface area contributed by atoms with Crippen molar-refractivity contribution in [3.8, 4) is 0 Å². The van der Waals surface area contributed by atoms with E-state index in [1.54, 1.807) is 4.90 Å². The second-order valence-corrected chi connectivity index (χ2v) is 6.54. The maximum absolute atomic E-state index is 12.4. The summed E-state index contributed by atoms with van der Waals surface area (Å²) in [5, 5.41) is 0. The lowest BCUT2D eigenvalue weighted by Crippen LogP contribution is -2.26. The van der Waals surface area contributed by atoms with Crippen LogP contribution < -0.4 is 0 Å². The molecule has 0 unspecified atom stereocenters. The molecular weight excluding hydrogens is 382 g/mol. The van der Waals surface area contributed by atoms with E-state index in [2.05, 4.69) is 31.9 Å². The van der Waals surface area contributed by atoms with Crippen molar-refractivity contribution in [2.24, 2.45) is 0 Å².